The van der Waals surface area contributed by atoms with Crippen LogP contribution in [-0.2, 0) is 11.2 Å². The average Bonchev–Trinajstić information content (AvgIpc) is 3.34. The van der Waals surface area contributed by atoms with E-state index in [-0.39, 0.29) is 23.9 Å². The van der Waals surface area contributed by atoms with Crippen LogP contribution in [0.25, 0.3) is 0 Å². The molecule has 1 N–H and O–H groups in total. The summed E-state index contributed by atoms with van der Waals surface area (Å²) in [5.41, 5.74) is 1.75. The molecule has 5 rings (SSSR count). The van der Waals surface area contributed by atoms with Crippen molar-refractivity contribution >= 4 is 23.3 Å². The molecular formula is C24H29N3O2S. The molecule has 1 aromatic carbocycles. The molecule has 3 aliphatic rings. The van der Waals surface area contributed by atoms with Gasteiger partial charge in [0.05, 0.1) is 12.7 Å². The third-order valence-electron chi connectivity index (χ3n) is 7.23. The molecule has 1 aliphatic carbocycles. The van der Waals surface area contributed by atoms with Gasteiger partial charge in [-0.3, -0.25) is 9.69 Å². The Morgan fingerprint density at radius 2 is 1.87 bits per heavy atom. The number of urea groups is 1. The highest BCUT2D eigenvalue weighted by Gasteiger charge is 2.53. The van der Waals surface area contributed by atoms with Gasteiger partial charge in [0.1, 0.15) is 5.54 Å². The molecule has 0 bridgehead atoms. The second kappa shape index (κ2) is 7.82. The number of fused-ring (bicyclic) bond motifs is 1. The zero-order chi connectivity index (χ0) is 20.7. The number of imide groups is 1. The van der Waals surface area contributed by atoms with Crippen molar-refractivity contribution in [3.05, 3.63) is 57.8 Å². The summed E-state index contributed by atoms with van der Waals surface area (Å²) in [4.78, 5) is 31.5. The summed E-state index contributed by atoms with van der Waals surface area (Å²) in [5.74, 6) is 0.185. The van der Waals surface area contributed by atoms with Crippen molar-refractivity contribution in [1.29, 1.82) is 0 Å². The van der Waals surface area contributed by atoms with Gasteiger partial charge in [-0.15, -0.1) is 11.3 Å². The average molecular weight is 424 g/mol. The molecule has 6 heteroatoms. The third kappa shape index (κ3) is 3.26. The number of rotatable bonds is 4. The Morgan fingerprint density at radius 3 is 2.63 bits per heavy atom. The van der Waals surface area contributed by atoms with Crippen LogP contribution in [0.3, 0.4) is 0 Å². The molecule has 30 heavy (non-hydrogen) atoms. The van der Waals surface area contributed by atoms with Gasteiger partial charge in [-0.1, -0.05) is 49.6 Å². The van der Waals surface area contributed by atoms with Gasteiger partial charge in [-0.25, -0.2) is 9.69 Å². The quantitative estimate of drug-likeness (QED) is 0.735. The van der Waals surface area contributed by atoms with Crippen molar-refractivity contribution in [3.8, 4) is 0 Å². The number of carbonyl (C=O) groups excluding carboxylic acids is 2. The second-order valence-corrected chi connectivity index (χ2v) is 10.0. The number of amides is 3. The second-order valence-electron chi connectivity index (χ2n) is 9.02. The van der Waals surface area contributed by atoms with Crippen molar-refractivity contribution in [2.24, 2.45) is 5.92 Å². The highest BCUT2D eigenvalue weighted by atomic mass is 32.1. The number of hydrogen-bond donors (Lipinski definition) is 1. The maximum Gasteiger partial charge on any atom is 0.326 e. The first kappa shape index (κ1) is 19.8. The van der Waals surface area contributed by atoms with E-state index in [1.165, 1.54) is 27.3 Å². The minimum Gasteiger partial charge on any atom is -0.323 e. The number of carbonyl (C=O) groups is 2. The third-order valence-corrected chi connectivity index (χ3v) is 8.22. The number of nitrogens with zero attached hydrogens (tertiary/aromatic N) is 2. The molecule has 158 valence electrons. The minimum absolute atomic E-state index is 0.0534. The van der Waals surface area contributed by atoms with E-state index in [2.05, 4.69) is 45.9 Å². The van der Waals surface area contributed by atoms with Crippen LogP contribution in [0.4, 0.5) is 4.79 Å². The first-order valence-corrected chi connectivity index (χ1v) is 12.0. The molecular weight excluding hydrogens is 394 g/mol. The van der Waals surface area contributed by atoms with E-state index < -0.39 is 5.54 Å². The molecule has 2 unspecified atom stereocenters. The Hall–Kier alpha value is -2.18. The first-order chi connectivity index (χ1) is 14.6. The monoisotopic (exact) mass is 423 g/mol. The van der Waals surface area contributed by atoms with E-state index in [1.54, 1.807) is 11.3 Å². The van der Waals surface area contributed by atoms with Crippen LogP contribution in [0.5, 0.6) is 0 Å². The van der Waals surface area contributed by atoms with Crippen LogP contribution in [-0.4, -0.2) is 40.5 Å². The summed E-state index contributed by atoms with van der Waals surface area (Å²) >= 11 is 1.80. The SMILES string of the molecule is CC1(C2CCCCC2)NC(=O)N(CN2CCc3sccc3C2c2ccccc2)C1=O. The van der Waals surface area contributed by atoms with Crippen molar-refractivity contribution in [1.82, 2.24) is 15.1 Å². The topological polar surface area (TPSA) is 52.7 Å². The first-order valence-electron chi connectivity index (χ1n) is 11.1. The van der Waals surface area contributed by atoms with Crippen LogP contribution in [0.2, 0.25) is 0 Å². The predicted molar refractivity (Wildman–Crippen MR) is 118 cm³/mol. The standard InChI is InChI=1S/C24H29N3O2S/c1-24(18-10-6-3-7-11-18)22(28)27(23(29)25-24)16-26-14-12-20-19(13-15-30-20)21(26)17-8-4-2-5-9-17/h2,4-5,8-9,13,15,18,21H,3,6-7,10-12,14,16H2,1H3,(H,25,29). The highest BCUT2D eigenvalue weighted by Crippen LogP contribution is 2.40. The Bertz CT molecular complexity index is 937. The molecule has 3 amide bonds. The zero-order valence-electron chi connectivity index (χ0n) is 17.5. The fourth-order valence-electron chi connectivity index (χ4n) is 5.53. The van der Waals surface area contributed by atoms with E-state index in [0.29, 0.717) is 6.67 Å². The minimum atomic E-state index is -0.761. The fraction of sp³-hybridized carbons (Fsp3) is 0.500. The van der Waals surface area contributed by atoms with Gasteiger partial charge in [0.2, 0.25) is 0 Å². The summed E-state index contributed by atoms with van der Waals surface area (Å²) in [6.07, 6.45) is 6.52. The molecule has 2 atom stereocenters. The van der Waals surface area contributed by atoms with Crippen molar-refractivity contribution in [2.75, 3.05) is 13.2 Å². The maximum absolute atomic E-state index is 13.5. The Labute approximate surface area is 182 Å². The number of hydrogen-bond acceptors (Lipinski definition) is 4. The van der Waals surface area contributed by atoms with Crippen LogP contribution in [0.15, 0.2) is 41.8 Å². The van der Waals surface area contributed by atoms with Crippen LogP contribution in [0.1, 0.15) is 61.1 Å². The lowest BCUT2D eigenvalue weighted by Crippen LogP contribution is -2.52. The Balaban J connectivity index is 1.42. The molecule has 0 radical (unpaired) electrons. The van der Waals surface area contributed by atoms with Crippen molar-refractivity contribution in [2.45, 2.75) is 57.0 Å². The zero-order valence-corrected chi connectivity index (χ0v) is 18.3. The summed E-state index contributed by atoms with van der Waals surface area (Å²) in [6.45, 7) is 3.11. The van der Waals surface area contributed by atoms with Crippen LogP contribution in [0, 0.1) is 5.92 Å². The smallest absolute Gasteiger partial charge is 0.323 e. The number of nitrogens with one attached hydrogen (secondary N) is 1. The fourth-order valence-corrected chi connectivity index (χ4v) is 6.43. The number of benzene rings is 1. The largest absolute Gasteiger partial charge is 0.326 e. The Kier molecular flexibility index (Phi) is 5.15. The van der Waals surface area contributed by atoms with Gasteiger partial charge in [-0.2, -0.15) is 0 Å². The molecule has 0 spiro atoms. The lowest BCUT2D eigenvalue weighted by molar-refractivity contribution is -0.134. The van der Waals surface area contributed by atoms with Crippen LogP contribution >= 0.6 is 11.3 Å². The van der Waals surface area contributed by atoms with E-state index >= 15 is 0 Å². The van der Waals surface area contributed by atoms with Crippen molar-refractivity contribution < 1.29 is 9.59 Å². The summed E-state index contributed by atoms with van der Waals surface area (Å²) < 4.78 is 0. The van der Waals surface area contributed by atoms with E-state index in [0.717, 1.165) is 38.6 Å². The summed E-state index contributed by atoms with van der Waals surface area (Å²) in [5, 5.41) is 5.22. The molecule has 3 heterocycles. The van der Waals surface area contributed by atoms with E-state index in [1.807, 2.05) is 13.0 Å². The molecule has 2 aliphatic heterocycles. The van der Waals surface area contributed by atoms with Gasteiger partial charge in [0, 0.05) is 11.4 Å². The molecule has 5 nitrogen and oxygen atoms in total. The van der Waals surface area contributed by atoms with Gasteiger partial charge in [0.25, 0.3) is 5.91 Å². The van der Waals surface area contributed by atoms with Crippen molar-refractivity contribution in [3.63, 3.8) is 0 Å². The highest BCUT2D eigenvalue weighted by molar-refractivity contribution is 7.10. The predicted octanol–water partition coefficient (Wildman–Crippen LogP) is 4.54. The molecule has 2 aromatic rings. The normalized spacial score (nSPS) is 27.9. The molecule has 2 fully saturated rings. The molecule has 1 saturated heterocycles. The van der Waals surface area contributed by atoms with Gasteiger partial charge in [-0.05, 0) is 54.7 Å². The summed E-state index contributed by atoms with van der Waals surface area (Å²) in [7, 11) is 0. The summed E-state index contributed by atoms with van der Waals surface area (Å²) in [6, 6.07) is 12.5. The maximum atomic E-state index is 13.5. The Morgan fingerprint density at radius 1 is 1.10 bits per heavy atom. The molecule has 1 aromatic heterocycles. The lowest BCUT2D eigenvalue weighted by Gasteiger charge is -2.38. The number of thiophene rings is 1. The van der Waals surface area contributed by atoms with E-state index in [9.17, 15) is 9.59 Å². The van der Waals surface area contributed by atoms with Gasteiger partial charge >= 0.3 is 6.03 Å². The molecule has 1 saturated carbocycles. The van der Waals surface area contributed by atoms with Gasteiger partial charge in [0.15, 0.2) is 0 Å². The lowest BCUT2D eigenvalue weighted by atomic mass is 9.75. The van der Waals surface area contributed by atoms with Gasteiger partial charge < -0.3 is 5.32 Å². The van der Waals surface area contributed by atoms with E-state index in [4.69, 9.17) is 0 Å². The van der Waals surface area contributed by atoms with Crippen LogP contribution < -0.4 is 5.32 Å².